The van der Waals surface area contributed by atoms with Crippen molar-refractivity contribution in [3.8, 4) is 0 Å². The third kappa shape index (κ3) is 3.27. The Kier molecular flexibility index (Phi) is 4.35. The van der Waals surface area contributed by atoms with Crippen molar-refractivity contribution in [1.82, 2.24) is 30.0 Å². The lowest BCUT2D eigenvalue weighted by molar-refractivity contribution is 0.0937. The Hall–Kier alpha value is -3.23. The van der Waals surface area contributed by atoms with Gasteiger partial charge in [0.1, 0.15) is 6.33 Å². The summed E-state index contributed by atoms with van der Waals surface area (Å²) in [6.45, 7) is 1.87. The highest BCUT2D eigenvalue weighted by atomic mass is 16.2. The fraction of sp³-hybridized carbons (Fsp3) is 0.389. The van der Waals surface area contributed by atoms with E-state index in [-0.39, 0.29) is 11.9 Å². The highest BCUT2D eigenvalue weighted by molar-refractivity contribution is 5.97. The fourth-order valence-corrected chi connectivity index (χ4v) is 3.63. The molecule has 0 unspecified atom stereocenters. The van der Waals surface area contributed by atoms with Crippen molar-refractivity contribution in [2.24, 2.45) is 0 Å². The van der Waals surface area contributed by atoms with Crippen molar-refractivity contribution >= 4 is 16.9 Å². The highest BCUT2D eigenvalue weighted by Gasteiger charge is 2.23. The van der Waals surface area contributed by atoms with Gasteiger partial charge in [0, 0.05) is 11.6 Å². The van der Waals surface area contributed by atoms with Gasteiger partial charge in [-0.05, 0) is 38.0 Å². The van der Waals surface area contributed by atoms with Crippen LogP contribution in [0.15, 0.2) is 34.1 Å². The van der Waals surface area contributed by atoms with Crippen LogP contribution >= 0.6 is 0 Å². The summed E-state index contributed by atoms with van der Waals surface area (Å²) in [5, 5.41) is 11.1. The zero-order chi connectivity index (χ0) is 19.0. The number of hydrogen-bond acceptors (Lipinski definition) is 5. The number of carbonyl (C=O) groups is 1. The number of carbonyl (C=O) groups excluding carboxylic acids is 1. The molecule has 0 radical (unpaired) electrons. The normalized spacial score (nSPS) is 15.9. The molecule has 27 heavy (non-hydrogen) atoms. The molecule has 1 aliphatic carbocycles. The second kappa shape index (κ2) is 6.82. The van der Waals surface area contributed by atoms with Crippen molar-refractivity contribution in [2.45, 2.75) is 44.7 Å². The van der Waals surface area contributed by atoms with Crippen LogP contribution in [0.5, 0.6) is 0 Å². The van der Waals surface area contributed by atoms with Crippen LogP contribution in [0.1, 0.15) is 60.9 Å². The Morgan fingerprint density at radius 3 is 2.63 bits per heavy atom. The van der Waals surface area contributed by atoms with E-state index >= 15 is 0 Å². The summed E-state index contributed by atoms with van der Waals surface area (Å²) in [5.41, 5.74) is -0.235. The summed E-state index contributed by atoms with van der Waals surface area (Å²) >= 11 is 0. The molecule has 1 aromatic carbocycles. The van der Waals surface area contributed by atoms with Gasteiger partial charge < -0.3 is 19.9 Å². The van der Waals surface area contributed by atoms with Gasteiger partial charge in [0.05, 0.1) is 17.1 Å². The predicted octanol–water partition coefficient (Wildman–Crippen LogP) is 1.41. The summed E-state index contributed by atoms with van der Waals surface area (Å²) in [4.78, 5) is 40.5. The molecule has 1 amide bonds. The first-order chi connectivity index (χ1) is 13.0. The Morgan fingerprint density at radius 1 is 1.19 bits per heavy atom. The number of aromatic nitrogens is 5. The lowest BCUT2D eigenvalue weighted by Gasteiger charge is -2.18. The minimum Gasteiger partial charge on any atom is -0.342 e. The lowest BCUT2D eigenvalue weighted by atomic mass is 10.1. The molecule has 0 aliphatic heterocycles. The van der Waals surface area contributed by atoms with Crippen LogP contribution in [0.3, 0.4) is 0 Å². The van der Waals surface area contributed by atoms with Gasteiger partial charge in [0.2, 0.25) is 0 Å². The van der Waals surface area contributed by atoms with Crippen LogP contribution in [-0.4, -0.2) is 30.6 Å². The van der Waals surface area contributed by atoms with Crippen molar-refractivity contribution < 1.29 is 4.79 Å². The van der Waals surface area contributed by atoms with E-state index in [0.29, 0.717) is 22.6 Å². The van der Waals surface area contributed by atoms with E-state index in [1.165, 1.54) is 18.9 Å². The number of rotatable bonds is 4. The van der Waals surface area contributed by atoms with Crippen molar-refractivity contribution in [3.05, 3.63) is 56.6 Å². The molecule has 0 spiro atoms. The molecule has 1 saturated carbocycles. The van der Waals surface area contributed by atoms with E-state index in [0.717, 1.165) is 18.7 Å². The van der Waals surface area contributed by atoms with Crippen LogP contribution < -0.4 is 16.4 Å². The summed E-state index contributed by atoms with van der Waals surface area (Å²) in [7, 11) is 0. The summed E-state index contributed by atoms with van der Waals surface area (Å²) in [5.74, 6) is 0.436. The average Bonchev–Trinajstić information content (AvgIpc) is 3.33. The molecule has 9 heteroatoms. The molecule has 2 heterocycles. The number of amides is 1. The van der Waals surface area contributed by atoms with Crippen LogP contribution in [-0.2, 0) is 0 Å². The number of aromatic amines is 2. The number of nitrogens with zero attached hydrogens (tertiary/aromatic N) is 3. The number of fused-ring (bicyclic) bond motifs is 1. The standard InChI is InChI=1S/C18H20N6O3/c1-10(15-23-19-9-24(15)12-4-2-3-5-12)20-16(25)11-6-7-13-14(8-11)22-18(27)17(26)21-13/h6-10,12H,2-5H2,1H3,(H,20,25)(H,21,26)(H,22,27)/t10-/m1/s1. The van der Waals surface area contributed by atoms with Crippen LogP contribution in [0.25, 0.3) is 11.0 Å². The molecule has 140 valence electrons. The van der Waals surface area contributed by atoms with Crippen molar-refractivity contribution in [2.75, 3.05) is 0 Å². The third-order valence-corrected chi connectivity index (χ3v) is 5.04. The van der Waals surface area contributed by atoms with Crippen LogP contribution in [0.4, 0.5) is 0 Å². The highest BCUT2D eigenvalue weighted by Crippen LogP contribution is 2.31. The van der Waals surface area contributed by atoms with E-state index in [2.05, 4.69) is 30.0 Å². The van der Waals surface area contributed by atoms with E-state index < -0.39 is 11.1 Å². The summed E-state index contributed by atoms with van der Waals surface area (Å²) in [6, 6.07) is 4.80. The van der Waals surface area contributed by atoms with Gasteiger partial charge in [-0.1, -0.05) is 12.8 Å². The fourth-order valence-electron chi connectivity index (χ4n) is 3.63. The molecule has 9 nitrogen and oxygen atoms in total. The van der Waals surface area contributed by atoms with E-state index in [4.69, 9.17) is 0 Å². The monoisotopic (exact) mass is 368 g/mol. The van der Waals surface area contributed by atoms with Gasteiger partial charge >= 0.3 is 11.1 Å². The third-order valence-electron chi connectivity index (χ3n) is 5.04. The molecular weight excluding hydrogens is 348 g/mol. The molecule has 1 atom stereocenters. The first-order valence-corrected chi connectivity index (χ1v) is 8.99. The molecule has 0 saturated heterocycles. The predicted molar refractivity (Wildman–Crippen MR) is 98.6 cm³/mol. The average molecular weight is 368 g/mol. The zero-order valence-corrected chi connectivity index (χ0v) is 14.9. The summed E-state index contributed by atoms with van der Waals surface area (Å²) < 4.78 is 2.06. The first-order valence-electron chi connectivity index (χ1n) is 8.99. The van der Waals surface area contributed by atoms with Gasteiger partial charge in [0.25, 0.3) is 5.91 Å². The topological polar surface area (TPSA) is 126 Å². The molecule has 0 bridgehead atoms. The maximum atomic E-state index is 12.6. The van der Waals surface area contributed by atoms with Crippen molar-refractivity contribution in [3.63, 3.8) is 0 Å². The number of hydrogen-bond donors (Lipinski definition) is 3. The molecule has 4 rings (SSSR count). The second-order valence-electron chi connectivity index (χ2n) is 6.90. The summed E-state index contributed by atoms with van der Waals surface area (Å²) in [6.07, 6.45) is 6.32. The van der Waals surface area contributed by atoms with Crippen LogP contribution in [0.2, 0.25) is 0 Å². The number of nitrogens with one attached hydrogen (secondary N) is 3. The molecular formula is C18H20N6O3. The van der Waals surface area contributed by atoms with Gasteiger partial charge in [-0.3, -0.25) is 14.4 Å². The van der Waals surface area contributed by atoms with E-state index in [1.807, 2.05) is 6.92 Å². The Bertz CT molecular complexity index is 1110. The molecule has 3 N–H and O–H groups in total. The first kappa shape index (κ1) is 17.2. The Morgan fingerprint density at radius 2 is 1.89 bits per heavy atom. The van der Waals surface area contributed by atoms with Gasteiger partial charge in [-0.2, -0.15) is 0 Å². The van der Waals surface area contributed by atoms with Crippen LogP contribution in [0, 0.1) is 0 Å². The molecule has 1 aliphatic rings. The minimum absolute atomic E-state index is 0.294. The quantitative estimate of drug-likeness (QED) is 0.601. The van der Waals surface area contributed by atoms with Gasteiger partial charge in [0.15, 0.2) is 5.82 Å². The Labute approximate surface area is 153 Å². The van der Waals surface area contributed by atoms with Gasteiger partial charge in [-0.15, -0.1) is 10.2 Å². The molecule has 3 aromatic rings. The SMILES string of the molecule is C[C@@H](NC(=O)c1ccc2[nH]c(=O)c(=O)[nH]c2c1)c1nncn1C1CCCC1. The molecule has 2 aromatic heterocycles. The zero-order valence-electron chi connectivity index (χ0n) is 14.9. The Balaban J connectivity index is 1.56. The maximum absolute atomic E-state index is 12.6. The second-order valence-corrected chi connectivity index (χ2v) is 6.90. The van der Waals surface area contributed by atoms with Gasteiger partial charge in [-0.25, -0.2) is 0 Å². The van der Waals surface area contributed by atoms with E-state index in [9.17, 15) is 14.4 Å². The maximum Gasteiger partial charge on any atom is 0.314 e. The minimum atomic E-state index is -0.752. The smallest absolute Gasteiger partial charge is 0.314 e. The lowest BCUT2D eigenvalue weighted by Crippen LogP contribution is -2.30. The largest absolute Gasteiger partial charge is 0.342 e. The molecule has 1 fully saturated rings. The number of benzene rings is 1. The van der Waals surface area contributed by atoms with Crippen molar-refractivity contribution in [1.29, 1.82) is 0 Å². The number of H-pyrrole nitrogens is 2. The van der Waals surface area contributed by atoms with E-state index in [1.54, 1.807) is 18.5 Å².